The normalized spacial score (nSPS) is 11.1. The first-order chi connectivity index (χ1) is 13.4. The zero-order valence-corrected chi connectivity index (χ0v) is 16.9. The average molecular weight is 460 g/mol. The van der Waals surface area contributed by atoms with Gasteiger partial charge in [-0.05, 0) is 76.9 Å². The van der Waals surface area contributed by atoms with Crippen LogP contribution in [0.1, 0.15) is 21.5 Å². The van der Waals surface area contributed by atoms with Gasteiger partial charge in [0.15, 0.2) is 5.78 Å². The van der Waals surface area contributed by atoms with Crippen molar-refractivity contribution in [3.8, 4) is 5.69 Å². The van der Waals surface area contributed by atoms with Gasteiger partial charge in [-0.2, -0.15) is 0 Å². The molecule has 0 unspecified atom stereocenters. The number of carbonyl (C=O) groups excluding carboxylic acids is 1. The monoisotopic (exact) mass is 459 g/mol. The van der Waals surface area contributed by atoms with Crippen molar-refractivity contribution in [1.29, 1.82) is 0 Å². The molecule has 0 aliphatic rings. The number of benzene rings is 2. The summed E-state index contributed by atoms with van der Waals surface area (Å²) in [6.45, 7) is 1.60. The van der Waals surface area contributed by atoms with Crippen LogP contribution >= 0.6 is 27.3 Å². The summed E-state index contributed by atoms with van der Waals surface area (Å²) in [5.41, 5.74) is 1.36. The maximum atomic E-state index is 13.6. The first kappa shape index (κ1) is 18.7. The van der Waals surface area contributed by atoms with E-state index in [-0.39, 0.29) is 17.2 Å². The lowest BCUT2D eigenvalue weighted by molar-refractivity contribution is 0.104. The summed E-state index contributed by atoms with van der Waals surface area (Å²) in [4.78, 5) is 26.2. The van der Waals surface area contributed by atoms with Crippen LogP contribution in [0.15, 0.2) is 63.2 Å². The molecule has 7 heteroatoms. The lowest BCUT2D eigenvalue weighted by Crippen LogP contribution is -2.16. The lowest BCUT2D eigenvalue weighted by Gasteiger charge is -2.08. The smallest absolute Gasteiger partial charge is 0.256 e. The van der Waals surface area contributed by atoms with Crippen molar-refractivity contribution in [1.82, 2.24) is 4.57 Å². The Hall–Kier alpha value is -2.64. The quantitative estimate of drug-likeness (QED) is 0.372. The molecule has 2 aromatic carbocycles. The summed E-state index contributed by atoms with van der Waals surface area (Å²) in [7, 11) is 0. The number of rotatable bonds is 3. The molecule has 0 amide bonds. The minimum Gasteiger partial charge on any atom is -0.289 e. The van der Waals surface area contributed by atoms with Crippen LogP contribution in [0.3, 0.4) is 0 Å². The predicted octanol–water partition coefficient (Wildman–Crippen LogP) is 5.63. The van der Waals surface area contributed by atoms with Crippen LogP contribution in [-0.2, 0) is 0 Å². The number of fused-ring (bicyclic) bond motifs is 1. The van der Waals surface area contributed by atoms with Crippen LogP contribution in [0.2, 0.25) is 0 Å². The third kappa shape index (κ3) is 3.10. The zero-order chi connectivity index (χ0) is 20.0. The molecular formula is C21H12BrF2NO2S. The van der Waals surface area contributed by atoms with Gasteiger partial charge < -0.3 is 0 Å². The zero-order valence-electron chi connectivity index (χ0n) is 14.5. The number of halogens is 3. The van der Waals surface area contributed by atoms with E-state index < -0.39 is 5.82 Å². The molecule has 0 saturated heterocycles. The van der Waals surface area contributed by atoms with Gasteiger partial charge in [0.2, 0.25) is 0 Å². The van der Waals surface area contributed by atoms with E-state index in [0.717, 1.165) is 0 Å². The Balaban J connectivity index is 1.94. The maximum absolute atomic E-state index is 13.6. The van der Waals surface area contributed by atoms with Gasteiger partial charge in [0.1, 0.15) is 16.5 Å². The van der Waals surface area contributed by atoms with E-state index >= 15 is 0 Å². The molecule has 0 saturated carbocycles. The molecule has 0 N–H and O–H groups in total. The van der Waals surface area contributed by atoms with Crippen LogP contribution in [0, 0.1) is 18.6 Å². The molecule has 4 rings (SSSR count). The van der Waals surface area contributed by atoms with Crippen molar-refractivity contribution in [3.05, 3.63) is 97.1 Å². The second kappa shape index (κ2) is 7.07. The van der Waals surface area contributed by atoms with Crippen LogP contribution < -0.4 is 5.56 Å². The summed E-state index contributed by atoms with van der Waals surface area (Å²) < 4.78 is 28.9. The predicted molar refractivity (Wildman–Crippen MR) is 110 cm³/mol. The third-order valence-electron chi connectivity index (χ3n) is 4.43. The number of thiophene rings is 1. The molecule has 0 aliphatic heterocycles. The van der Waals surface area contributed by atoms with Crippen molar-refractivity contribution >= 4 is 43.3 Å². The maximum Gasteiger partial charge on any atom is 0.256 e. The number of aryl methyl sites for hydroxylation is 1. The molecule has 0 spiro atoms. The summed E-state index contributed by atoms with van der Waals surface area (Å²) in [6, 6.07) is 12.7. The van der Waals surface area contributed by atoms with Gasteiger partial charge in [0.25, 0.3) is 5.56 Å². The van der Waals surface area contributed by atoms with Crippen molar-refractivity contribution in [2.45, 2.75) is 6.92 Å². The fourth-order valence-corrected chi connectivity index (χ4v) is 4.92. The van der Waals surface area contributed by atoms with Gasteiger partial charge in [-0.25, -0.2) is 8.78 Å². The van der Waals surface area contributed by atoms with Crippen molar-refractivity contribution in [3.63, 3.8) is 0 Å². The number of ketones is 1. The van der Waals surface area contributed by atoms with E-state index in [1.54, 1.807) is 13.0 Å². The van der Waals surface area contributed by atoms with Gasteiger partial charge in [-0.3, -0.25) is 14.2 Å². The number of hydrogen-bond donors (Lipinski definition) is 0. The Kier molecular flexibility index (Phi) is 4.72. The summed E-state index contributed by atoms with van der Waals surface area (Å²) in [5, 5.41) is 0.591. The highest BCUT2D eigenvalue weighted by atomic mass is 79.9. The average Bonchev–Trinajstić information content (AvgIpc) is 3.00. The molecule has 28 heavy (non-hydrogen) atoms. The van der Waals surface area contributed by atoms with E-state index in [9.17, 15) is 18.4 Å². The highest BCUT2D eigenvalue weighted by Crippen LogP contribution is 2.37. The second-order valence-electron chi connectivity index (χ2n) is 6.25. The minimum absolute atomic E-state index is 0.273. The summed E-state index contributed by atoms with van der Waals surface area (Å²) in [5.74, 6) is -1.06. The number of aromatic nitrogens is 1. The van der Waals surface area contributed by atoms with Crippen LogP contribution in [0.5, 0.6) is 0 Å². The van der Waals surface area contributed by atoms with Gasteiger partial charge >= 0.3 is 0 Å². The van der Waals surface area contributed by atoms with E-state index in [1.165, 1.54) is 64.4 Å². The molecule has 2 aromatic heterocycles. The van der Waals surface area contributed by atoms with E-state index in [0.29, 0.717) is 36.4 Å². The third-order valence-corrected chi connectivity index (χ3v) is 6.29. The number of hydrogen-bond acceptors (Lipinski definition) is 3. The Morgan fingerprint density at radius 1 is 1.04 bits per heavy atom. The van der Waals surface area contributed by atoms with Crippen LogP contribution in [0.25, 0.3) is 15.9 Å². The Labute approximate surface area is 171 Å². The van der Waals surface area contributed by atoms with Crippen molar-refractivity contribution in [2.24, 2.45) is 0 Å². The minimum atomic E-state index is -0.404. The van der Waals surface area contributed by atoms with Crippen LogP contribution in [-0.4, -0.2) is 10.4 Å². The fourth-order valence-electron chi connectivity index (χ4n) is 3.03. The first-order valence-corrected chi connectivity index (χ1v) is 9.88. The van der Waals surface area contributed by atoms with E-state index in [2.05, 4.69) is 15.9 Å². The van der Waals surface area contributed by atoms with Crippen molar-refractivity contribution in [2.75, 3.05) is 0 Å². The summed E-state index contributed by atoms with van der Waals surface area (Å²) >= 11 is 4.67. The van der Waals surface area contributed by atoms with Gasteiger partial charge in [-0.15, -0.1) is 11.3 Å². The molecule has 0 radical (unpaired) electrons. The van der Waals surface area contributed by atoms with Gasteiger partial charge in [0, 0.05) is 17.0 Å². The molecular weight excluding hydrogens is 448 g/mol. The standard InChI is InChI=1S/C21H12BrF2NO2S/c1-11-10-12(2-8-16(11)24)19(27)18-15-7-9-17(26)25(21(15)28-20(18)22)14-5-3-13(23)4-6-14/h2-10H,1H3. The Morgan fingerprint density at radius 3 is 2.43 bits per heavy atom. The second-order valence-corrected chi connectivity index (χ2v) is 8.56. The number of carbonyl (C=O) groups is 1. The Morgan fingerprint density at radius 2 is 1.75 bits per heavy atom. The van der Waals surface area contributed by atoms with Gasteiger partial charge in [-0.1, -0.05) is 0 Å². The molecule has 3 nitrogen and oxygen atoms in total. The highest BCUT2D eigenvalue weighted by molar-refractivity contribution is 9.11. The largest absolute Gasteiger partial charge is 0.289 e. The lowest BCUT2D eigenvalue weighted by atomic mass is 10.0. The Bertz CT molecular complexity index is 1290. The van der Waals surface area contributed by atoms with Gasteiger partial charge in [0.05, 0.1) is 15.0 Å². The number of nitrogens with zero attached hydrogens (tertiary/aromatic N) is 1. The molecule has 4 aromatic rings. The fraction of sp³-hybridized carbons (Fsp3) is 0.0476. The van der Waals surface area contributed by atoms with E-state index in [4.69, 9.17) is 0 Å². The topological polar surface area (TPSA) is 39.1 Å². The molecule has 2 heterocycles. The summed E-state index contributed by atoms with van der Waals surface area (Å²) in [6.07, 6.45) is 0. The van der Waals surface area contributed by atoms with Crippen LogP contribution in [0.4, 0.5) is 8.78 Å². The van der Waals surface area contributed by atoms with E-state index in [1.807, 2.05) is 0 Å². The highest BCUT2D eigenvalue weighted by Gasteiger charge is 2.22. The molecule has 140 valence electrons. The molecule has 0 aliphatic carbocycles. The number of pyridine rings is 1. The molecule has 0 bridgehead atoms. The molecule has 0 atom stereocenters. The first-order valence-electron chi connectivity index (χ1n) is 8.27. The van der Waals surface area contributed by atoms with Crippen molar-refractivity contribution < 1.29 is 13.6 Å². The molecule has 0 fully saturated rings. The SMILES string of the molecule is Cc1cc(C(=O)c2c(Br)sc3c2ccc(=O)n3-c2ccc(F)cc2)ccc1F.